The van der Waals surface area contributed by atoms with E-state index in [4.69, 9.17) is 0 Å². The lowest BCUT2D eigenvalue weighted by molar-refractivity contribution is 0.823. The molecule has 17 heavy (non-hydrogen) atoms. The zero-order valence-corrected chi connectivity index (χ0v) is 9.75. The van der Waals surface area contributed by atoms with Gasteiger partial charge in [0.15, 0.2) is 5.65 Å². The third kappa shape index (κ3) is 1.67. The molecule has 0 saturated heterocycles. The number of aryl methyl sites for hydroxylation is 2. The van der Waals surface area contributed by atoms with E-state index in [1.165, 1.54) is 11.1 Å². The molecule has 0 spiro atoms. The predicted octanol–water partition coefficient (Wildman–Crippen LogP) is 2.41. The Hall–Kier alpha value is -2.23. The summed E-state index contributed by atoms with van der Waals surface area (Å²) in [5.74, 6) is 0. The SMILES string of the molecule is Cc1ccc(-c2cc(C)c3nnnn3c2)cc1. The Bertz CT molecular complexity index is 667. The first-order valence-electron chi connectivity index (χ1n) is 5.49. The average Bonchev–Trinajstić information content (AvgIpc) is 2.78. The molecule has 84 valence electrons. The Morgan fingerprint density at radius 1 is 1.00 bits per heavy atom. The maximum absolute atomic E-state index is 3.97. The molecule has 0 aliphatic carbocycles. The normalized spacial score (nSPS) is 10.9. The summed E-state index contributed by atoms with van der Waals surface area (Å²) in [6, 6.07) is 10.5. The number of aromatic nitrogens is 4. The quantitative estimate of drug-likeness (QED) is 0.637. The Morgan fingerprint density at radius 2 is 1.76 bits per heavy atom. The molecule has 4 heteroatoms. The van der Waals surface area contributed by atoms with E-state index in [9.17, 15) is 0 Å². The number of hydrogen-bond acceptors (Lipinski definition) is 3. The first kappa shape index (κ1) is 9.96. The molecule has 4 nitrogen and oxygen atoms in total. The van der Waals surface area contributed by atoms with Crippen LogP contribution in [0.3, 0.4) is 0 Å². The summed E-state index contributed by atoms with van der Waals surface area (Å²) in [6.45, 7) is 4.10. The van der Waals surface area contributed by atoms with Gasteiger partial charge in [0.05, 0.1) is 0 Å². The van der Waals surface area contributed by atoms with Crippen LogP contribution in [0.25, 0.3) is 16.8 Å². The Labute approximate surface area is 98.9 Å². The van der Waals surface area contributed by atoms with Gasteiger partial charge in [0.1, 0.15) is 0 Å². The zero-order chi connectivity index (χ0) is 11.8. The maximum Gasteiger partial charge on any atom is 0.182 e. The molecule has 0 saturated carbocycles. The summed E-state index contributed by atoms with van der Waals surface area (Å²) in [5.41, 5.74) is 5.45. The van der Waals surface area contributed by atoms with Crippen molar-refractivity contribution in [1.82, 2.24) is 20.0 Å². The molecule has 0 amide bonds. The summed E-state index contributed by atoms with van der Waals surface area (Å²) in [5, 5.41) is 11.6. The van der Waals surface area contributed by atoms with E-state index < -0.39 is 0 Å². The Balaban J connectivity index is 2.20. The lowest BCUT2D eigenvalue weighted by atomic mass is 10.0. The molecule has 0 bridgehead atoms. The number of pyridine rings is 1. The van der Waals surface area contributed by atoms with E-state index in [-0.39, 0.29) is 0 Å². The lowest BCUT2D eigenvalue weighted by Gasteiger charge is -2.04. The smallest absolute Gasteiger partial charge is 0.182 e. The number of hydrogen-bond donors (Lipinski definition) is 0. The second-order valence-corrected chi connectivity index (χ2v) is 4.22. The van der Waals surface area contributed by atoms with Gasteiger partial charge in [0.25, 0.3) is 0 Å². The third-order valence-corrected chi connectivity index (χ3v) is 2.86. The van der Waals surface area contributed by atoms with Crippen molar-refractivity contribution in [3.8, 4) is 11.1 Å². The minimum Gasteiger partial charge on any atom is -0.200 e. The molecule has 0 radical (unpaired) electrons. The molecule has 0 fully saturated rings. The molecule has 3 rings (SSSR count). The summed E-state index contributed by atoms with van der Waals surface area (Å²) < 4.78 is 1.71. The van der Waals surface area contributed by atoms with E-state index in [1.54, 1.807) is 4.52 Å². The van der Waals surface area contributed by atoms with Crippen molar-refractivity contribution < 1.29 is 0 Å². The van der Waals surface area contributed by atoms with E-state index in [0.29, 0.717) is 0 Å². The van der Waals surface area contributed by atoms with Gasteiger partial charge in [-0.15, -0.1) is 5.10 Å². The summed E-state index contributed by atoms with van der Waals surface area (Å²) in [7, 11) is 0. The van der Waals surface area contributed by atoms with Crippen molar-refractivity contribution in [1.29, 1.82) is 0 Å². The predicted molar refractivity (Wildman–Crippen MR) is 65.7 cm³/mol. The van der Waals surface area contributed by atoms with Crippen molar-refractivity contribution in [2.24, 2.45) is 0 Å². The van der Waals surface area contributed by atoms with Crippen LogP contribution in [0.5, 0.6) is 0 Å². The molecule has 2 aromatic heterocycles. The Kier molecular flexibility index (Phi) is 2.14. The van der Waals surface area contributed by atoms with Crippen molar-refractivity contribution in [2.45, 2.75) is 13.8 Å². The monoisotopic (exact) mass is 224 g/mol. The van der Waals surface area contributed by atoms with Gasteiger partial charge in [-0.3, -0.25) is 0 Å². The van der Waals surface area contributed by atoms with Gasteiger partial charge in [0.2, 0.25) is 0 Å². The fourth-order valence-electron chi connectivity index (χ4n) is 1.91. The van der Waals surface area contributed by atoms with Crippen LogP contribution < -0.4 is 0 Å². The summed E-state index contributed by atoms with van der Waals surface area (Å²) >= 11 is 0. The first-order valence-corrected chi connectivity index (χ1v) is 5.49. The highest BCUT2D eigenvalue weighted by Crippen LogP contribution is 2.21. The Morgan fingerprint density at radius 3 is 2.53 bits per heavy atom. The minimum absolute atomic E-state index is 0.806. The van der Waals surface area contributed by atoms with Gasteiger partial charge in [-0.05, 0) is 41.5 Å². The van der Waals surface area contributed by atoms with Crippen LogP contribution in [0.2, 0.25) is 0 Å². The van der Waals surface area contributed by atoms with Gasteiger partial charge in [-0.25, -0.2) is 0 Å². The highest BCUT2D eigenvalue weighted by atomic mass is 15.5. The fraction of sp³-hybridized carbons (Fsp3) is 0.154. The molecular formula is C13H12N4. The molecule has 1 aromatic carbocycles. The van der Waals surface area contributed by atoms with Crippen LogP contribution in [0.4, 0.5) is 0 Å². The molecule has 2 heterocycles. The van der Waals surface area contributed by atoms with Crippen LogP contribution >= 0.6 is 0 Å². The van der Waals surface area contributed by atoms with Crippen LogP contribution in [-0.2, 0) is 0 Å². The number of nitrogens with zero attached hydrogens (tertiary/aromatic N) is 4. The molecule has 3 aromatic rings. The second-order valence-electron chi connectivity index (χ2n) is 4.22. The van der Waals surface area contributed by atoms with E-state index in [2.05, 4.69) is 52.8 Å². The first-order chi connectivity index (χ1) is 8.24. The summed E-state index contributed by atoms with van der Waals surface area (Å²) in [4.78, 5) is 0. The third-order valence-electron chi connectivity index (χ3n) is 2.86. The number of benzene rings is 1. The molecule has 0 unspecified atom stereocenters. The summed E-state index contributed by atoms with van der Waals surface area (Å²) in [6.07, 6.45) is 1.95. The van der Waals surface area contributed by atoms with Gasteiger partial charge in [-0.1, -0.05) is 29.8 Å². The fourth-order valence-corrected chi connectivity index (χ4v) is 1.91. The topological polar surface area (TPSA) is 43.1 Å². The van der Waals surface area contributed by atoms with E-state index in [1.807, 2.05) is 13.1 Å². The highest BCUT2D eigenvalue weighted by Gasteiger charge is 2.05. The zero-order valence-electron chi connectivity index (χ0n) is 9.75. The number of tetrazole rings is 1. The number of fused-ring (bicyclic) bond motifs is 1. The van der Waals surface area contributed by atoms with Crippen LogP contribution in [0, 0.1) is 13.8 Å². The van der Waals surface area contributed by atoms with Crippen molar-refractivity contribution >= 4 is 5.65 Å². The molecule has 0 atom stereocenters. The van der Waals surface area contributed by atoms with Crippen LogP contribution in [-0.4, -0.2) is 20.0 Å². The molecule has 0 N–H and O–H groups in total. The number of rotatable bonds is 1. The van der Waals surface area contributed by atoms with Gasteiger partial charge < -0.3 is 0 Å². The second kappa shape index (κ2) is 3.66. The minimum atomic E-state index is 0.806. The van der Waals surface area contributed by atoms with E-state index in [0.717, 1.165) is 16.8 Å². The highest BCUT2D eigenvalue weighted by molar-refractivity contribution is 5.66. The maximum atomic E-state index is 3.97. The van der Waals surface area contributed by atoms with Crippen LogP contribution in [0.15, 0.2) is 36.5 Å². The largest absolute Gasteiger partial charge is 0.200 e. The van der Waals surface area contributed by atoms with Crippen molar-refractivity contribution in [2.75, 3.05) is 0 Å². The van der Waals surface area contributed by atoms with Gasteiger partial charge in [-0.2, -0.15) is 4.52 Å². The van der Waals surface area contributed by atoms with Crippen LogP contribution in [0.1, 0.15) is 11.1 Å². The van der Waals surface area contributed by atoms with Gasteiger partial charge >= 0.3 is 0 Å². The van der Waals surface area contributed by atoms with E-state index >= 15 is 0 Å². The van der Waals surface area contributed by atoms with Crippen molar-refractivity contribution in [3.63, 3.8) is 0 Å². The lowest BCUT2D eigenvalue weighted by Crippen LogP contribution is -1.92. The van der Waals surface area contributed by atoms with Crippen molar-refractivity contribution in [3.05, 3.63) is 47.7 Å². The van der Waals surface area contributed by atoms with Gasteiger partial charge in [0, 0.05) is 11.8 Å². The molecule has 0 aliphatic rings. The average molecular weight is 224 g/mol. The molecular weight excluding hydrogens is 212 g/mol. The molecule has 0 aliphatic heterocycles. The standard InChI is InChI=1S/C13H12N4/c1-9-3-5-11(6-4-9)12-7-10(2)13-14-15-16-17(13)8-12/h3-8H,1-2H3.